The Morgan fingerprint density at radius 2 is 2.27 bits per heavy atom. The highest BCUT2D eigenvalue weighted by Gasteiger charge is 2.26. The molecule has 3 nitrogen and oxygen atoms in total. The van der Waals surface area contributed by atoms with Crippen molar-refractivity contribution in [1.29, 1.82) is 0 Å². The lowest BCUT2D eigenvalue weighted by Crippen LogP contribution is -2.52. The van der Waals surface area contributed by atoms with E-state index in [1.165, 1.54) is 12.8 Å². The number of hydrogen-bond donors (Lipinski definition) is 1. The summed E-state index contributed by atoms with van der Waals surface area (Å²) < 4.78 is 5.56. The summed E-state index contributed by atoms with van der Waals surface area (Å²) in [7, 11) is 0. The van der Waals surface area contributed by atoms with E-state index in [0.717, 1.165) is 26.2 Å². The summed E-state index contributed by atoms with van der Waals surface area (Å²) in [6, 6.07) is 0.538. The fourth-order valence-electron chi connectivity index (χ4n) is 2.54. The third-order valence-electron chi connectivity index (χ3n) is 3.38. The molecule has 3 unspecified atom stereocenters. The van der Waals surface area contributed by atoms with Crippen molar-refractivity contribution < 1.29 is 4.74 Å². The molecule has 2 N–H and O–H groups in total. The van der Waals surface area contributed by atoms with E-state index in [2.05, 4.69) is 25.7 Å². The van der Waals surface area contributed by atoms with Crippen LogP contribution in [0, 0.1) is 5.92 Å². The van der Waals surface area contributed by atoms with Crippen molar-refractivity contribution in [2.24, 2.45) is 11.7 Å². The molecule has 0 aromatic heterocycles. The molecule has 1 rings (SSSR count). The molecule has 3 heteroatoms. The fourth-order valence-corrected chi connectivity index (χ4v) is 2.54. The molecule has 15 heavy (non-hydrogen) atoms. The zero-order valence-electron chi connectivity index (χ0n) is 10.4. The molecule has 1 aliphatic heterocycles. The van der Waals surface area contributed by atoms with Gasteiger partial charge in [-0.25, -0.2) is 0 Å². The molecule has 90 valence electrons. The van der Waals surface area contributed by atoms with Gasteiger partial charge in [0.15, 0.2) is 0 Å². The second kappa shape index (κ2) is 6.46. The smallest absolute Gasteiger partial charge is 0.0674 e. The molecule has 0 aromatic rings. The maximum absolute atomic E-state index is 5.90. The molecule has 0 bridgehead atoms. The Hall–Kier alpha value is -0.120. The second-order valence-corrected chi connectivity index (χ2v) is 4.75. The van der Waals surface area contributed by atoms with Crippen molar-refractivity contribution in [1.82, 2.24) is 4.90 Å². The number of nitrogens with zero attached hydrogens (tertiary/aromatic N) is 1. The van der Waals surface area contributed by atoms with Crippen LogP contribution in [0.5, 0.6) is 0 Å². The van der Waals surface area contributed by atoms with Crippen molar-refractivity contribution in [3.8, 4) is 0 Å². The van der Waals surface area contributed by atoms with Crippen LogP contribution in [0.4, 0.5) is 0 Å². The lowest BCUT2D eigenvalue weighted by Gasteiger charge is -2.39. The summed E-state index contributed by atoms with van der Waals surface area (Å²) in [6.07, 6.45) is 2.88. The van der Waals surface area contributed by atoms with Gasteiger partial charge in [-0.15, -0.1) is 0 Å². The topological polar surface area (TPSA) is 38.5 Å². The molecule has 0 aliphatic carbocycles. The SMILES string of the molecule is CCCC(C)C(CN)N1CCOC(C)C1. The quantitative estimate of drug-likeness (QED) is 0.753. The number of nitrogens with two attached hydrogens (primary N) is 1. The summed E-state index contributed by atoms with van der Waals surface area (Å²) in [6.45, 7) is 10.4. The van der Waals surface area contributed by atoms with E-state index >= 15 is 0 Å². The van der Waals surface area contributed by atoms with Crippen LogP contribution in [0.3, 0.4) is 0 Å². The van der Waals surface area contributed by atoms with Gasteiger partial charge < -0.3 is 10.5 Å². The van der Waals surface area contributed by atoms with E-state index in [1.807, 2.05) is 0 Å². The summed E-state index contributed by atoms with van der Waals surface area (Å²) in [5.41, 5.74) is 5.90. The maximum atomic E-state index is 5.90. The molecule has 0 radical (unpaired) electrons. The van der Waals surface area contributed by atoms with Crippen LogP contribution in [0.1, 0.15) is 33.6 Å². The highest BCUT2D eigenvalue weighted by atomic mass is 16.5. The largest absolute Gasteiger partial charge is 0.376 e. The van der Waals surface area contributed by atoms with Gasteiger partial charge in [0, 0.05) is 25.7 Å². The highest BCUT2D eigenvalue weighted by Crippen LogP contribution is 2.18. The van der Waals surface area contributed by atoms with E-state index in [4.69, 9.17) is 10.5 Å². The minimum atomic E-state index is 0.363. The number of rotatable bonds is 5. The molecule has 1 heterocycles. The van der Waals surface area contributed by atoms with Gasteiger partial charge in [0.2, 0.25) is 0 Å². The van der Waals surface area contributed by atoms with E-state index in [9.17, 15) is 0 Å². The van der Waals surface area contributed by atoms with E-state index in [0.29, 0.717) is 18.1 Å². The molecule has 0 aromatic carbocycles. The van der Waals surface area contributed by atoms with Gasteiger partial charge in [0.05, 0.1) is 12.7 Å². The molecule has 0 amide bonds. The van der Waals surface area contributed by atoms with Crippen molar-refractivity contribution in [2.75, 3.05) is 26.2 Å². The van der Waals surface area contributed by atoms with Crippen molar-refractivity contribution in [3.05, 3.63) is 0 Å². The van der Waals surface area contributed by atoms with Gasteiger partial charge in [0.25, 0.3) is 0 Å². The van der Waals surface area contributed by atoms with Gasteiger partial charge in [-0.2, -0.15) is 0 Å². The average Bonchev–Trinajstić information content (AvgIpc) is 2.19. The minimum absolute atomic E-state index is 0.363. The van der Waals surface area contributed by atoms with Gasteiger partial charge in [0.1, 0.15) is 0 Å². The minimum Gasteiger partial charge on any atom is -0.376 e. The second-order valence-electron chi connectivity index (χ2n) is 4.75. The predicted molar refractivity (Wildman–Crippen MR) is 63.9 cm³/mol. The van der Waals surface area contributed by atoms with Crippen LogP contribution < -0.4 is 5.73 Å². The summed E-state index contributed by atoms with van der Waals surface area (Å²) in [4.78, 5) is 2.51. The third kappa shape index (κ3) is 3.74. The maximum Gasteiger partial charge on any atom is 0.0674 e. The standard InChI is InChI=1S/C12H26N2O/c1-4-5-10(2)12(8-13)14-6-7-15-11(3)9-14/h10-12H,4-9,13H2,1-3H3. The molecule has 0 spiro atoms. The van der Waals surface area contributed by atoms with Crippen LogP contribution >= 0.6 is 0 Å². The van der Waals surface area contributed by atoms with Gasteiger partial charge >= 0.3 is 0 Å². The van der Waals surface area contributed by atoms with Crippen molar-refractivity contribution >= 4 is 0 Å². The molecule has 1 fully saturated rings. The van der Waals surface area contributed by atoms with Gasteiger partial charge in [-0.1, -0.05) is 20.3 Å². The monoisotopic (exact) mass is 214 g/mol. The lowest BCUT2D eigenvalue weighted by atomic mass is 9.95. The molecular formula is C12H26N2O. The van der Waals surface area contributed by atoms with Crippen LogP contribution in [0.15, 0.2) is 0 Å². The van der Waals surface area contributed by atoms with Crippen LogP contribution in [-0.2, 0) is 4.74 Å². The van der Waals surface area contributed by atoms with E-state index in [1.54, 1.807) is 0 Å². The number of morpholine rings is 1. The Morgan fingerprint density at radius 3 is 2.80 bits per heavy atom. The normalized spacial score (nSPS) is 27.6. The third-order valence-corrected chi connectivity index (χ3v) is 3.38. The molecule has 1 aliphatic rings. The van der Waals surface area contributed by atoms with Gasteiger partial charge in [-0.3, -0.25) is 4.90 Å². The van der Waals surface area contributed by atoms with E-state index < -0.39 is 0 Å². The summed E-state index contributed by atoms with van der Waals surface area (Å²) >= 11 is 0. The Labute approximate surface area is 94.0 Å². The Morgan fingerprint density at radius 1 is 1.53 bits per heavy atom. The average molecular weight is 214 g/mol. The zero-order chi connectivity index (χ0) is 11.3. The lowest BCUT2D eigenvalue weighted by molar-refractivity contribution is -0.0411. The Kier molecular flexibility index (Phi) is 5.58. The van der Waals surface area contributed by atoms with Gasteiger partial charge in [-0.05, 0) is 19.3 Å². The number of ether oxygens (including phenoxy) is 1. The molecule has 3 atom stereocenters. The zero-order valence-corrected chi connectivity index (χ0v) is 10.4. The first-order valence-electron chi connectivity index (χ1n) is 6.24. The Bertz CT molecular complexity index is 175. The summed E-state index contributed by atoms with van der Waals surface area (Å²) in [5, 5.41) is 0. The first-order valence-corrected chi connectivity index (χ1v) is 6.24. The molecule has 0 saturated carbocycles. The first kappa shape index (κ1) is 12.9. The first-order chi connectivity index (χ1) is 7.19. The number of hydrogen-bond acceptors (Lipinski definition) is 3. The Balaban J connectivity index is 2.48. The summed E-state index contributed by atoms with van der Waals surface area (Å²) in [5.74, 6) is 0.699. The van der Waals surface area contributed by atoms with Crippen molar-refractivity contribution in [2.45, 2.75) is 45.8 Å². The van der Waals surface area contributed by atoms with E-state index in [-0.39, 0.29) is 0 Å². The highest BCUT2D eigenvalue weighted by molar-refractivity contribution is 4.81. The van der Waals surface area contributed by atoms with Crippen LogP contribution in [-0.4, -0.2) is 43.3 Å². The molecular weight excluding hydrogens is 188 g/mol. The van der Waals surface area contributed by atoms with Crippen LogP contribution in [0.2, 0.25) is 0 Å². The fraction of sp³-hybridized carbons (Fsp3) is 1.00. The van der Waals surface area contributed by atoms with Crippen molar-refractivity contribution in [3.63, 3.8) is 0 Å². The predicted octanol–water partition coefficient (Wildman–Crippen LogP) is 1.47. The molecule has 1 saturated heterocycles. The van der Waals surface area contributed by atoms with Crippen LogP contribution in [0.25, 0.3) is 0 Å².